The van der Waals surface area contributed by atoms with Crippen LogP contribution in [0.15, 0.2) is 48.8 Å². The molecule has 1 aromatic heterocycles. The largest absolute Gasteiger partial charge is 0.339 e. The van der Waals surface area contributed by atoms with E-state index in [1.165, 1.54) is 6.42 Å². The van der Waals surface area contributed by atoms with Gasteiger partial charge in [0.1, 0.15) is 0 Å². The Labute approximate surface area is 129 Å². The third kappa shape index (κ3) is 3.06. The molecule has 0 N–H and O–H groups in total. The maximum atomic E-state index is 12.4. The van der Waals surface area contributed by atoms with Crippen LogP contribution in [0.25, 0.3) is 0 Å². The number of hydrogen-bond donors (Lipinski definition) is 0. The fourth-order valence-electron chi connectivity index (χ4n) is 2.71. The molecule has 1 saturated heterocycles. The SMILES string of the molecule is O=C(c1ccncc1)c1ccc(C(=O)N2CCCCC2)cc1. The third-order valence-electron chi connectivity index (χ3n) is 3.98. The van der Waals surface area contributed by atoms with Gasteiger partial charge in [0, 0.05) is 42.2 Å². The Morgan fingerprint density at radius 1 is 0.773 bits per heavy atom. The smallest absolute Gasteiger partial charge is 0.253 e. The van der Waals surface area contributed by atoms with Crippen molar-refractivity contribution in [1.29, 1.82) is 0 Å². The normalized spacial score (nSPS) is 14.6. The summed E-state index contributed by atoms with van der Waals surface area (Å²) in [6.07, 6.45) is 6.54. The van der Waals surface area contributed by atoms with Gasteiger partial charge in [0.2, 0.25) is 0 Å². The molecule has 0 spiro atoms. The molecule has 1 aliphatic rings. The van der Waals surface area contributed by atoms with E-state index in [0.29, 0.717) is 16.7 Å². The molecular weight excluding hydrogens is 276 g/mol. The van der Waals surface area contributed by atoms with E-state index in [1.807, 2.05) is 4.90 Å². The molecule has 4 heteroatoms. The Balaban J connectivity index is 1.75. The van der Waals surface area contributed by atoms with Crippen LogP contribution in [0.1, 0.15) is 45.5 Å². The average Bonchev–Trinajstić information content (AvgIpc) is 2.62. The van der Waals surface area contributed by atoms with Crippen molar-refractivity contribution in [3.8, 4) is 0 Å². The number of ketones is 1. The van der Waals surface area contributed by atoms with Crippen LogP contribution in [0.5, 0.6) is 0 Å². The van der Waals surface area contributed by atoms with Crippen molar-refractivity contribution in [3.05, 3.63) is 65.5 Å². The van der Waals surface area contributed by atoms with E-state index >= 15 is 0 Å². The first kappa shape index (κ1) is 14.4. The summed E-state index contributed by atoms with van der Waals surface area (Å²) in [4.78, 5) is 30.5. The Kier molecular flexibility index (Phi) is 4.28. The standard InChI is InChI=1S/C18H18N2O2/c21-17(15-8-10-19-11-9-15)14-4-6-16(7-5-14)18(22)20-12-2-1-3-13-20/h4-11H,1-3,12-13H2. The summed E-state index contributed by atoms with van der Waals surface area (Å²) in [6, 6.07) is 10.3. The lowest BCUT2D eigenvalue weighted by Gasteiger charge is -2.26. The molecule has 1 aromatic carbocycles. The van der Waals surface area contributed by atoms with E-state index in [0.717, 1.165) is 25.9 Å². The summed E-state index contributed by atoms with van der Waals surface area (Å²) in [5, 5.41) is 0. The van der Waals surface area contributed by atoms with Crippen LogP contribution in [-0.2, 0) is 0 Å². The number of benzene rings is 1. The molecule has 0 radical (unpaired) electrons. The van der Waals surface area contributed by atoms with Gasteiger partial charge in [-0.3, -0.25) is 14.6 Å². The van der Waals surface area contributed by atoms with E-state index < -0.39 is 0 Å². The first-order chi connectivity index (χ1) is 10.8. The molecule has 0 saturated carbocycles. The second-order valence-corrected chi connectivity index (χ2v) is 5.50. The van der Waals surface area contributed by atoms with E-state index in [-0.39, 0.29) is 11.7 Å². The average molecular weight is 294 g/mol. The maximum Gasteiger partial charge on any atom is 0.253 e. The predicted octanol–water partition coefficient (Wildman–Crippen LogP) is 2.94. The van der Waals surface area contributed by atoms with Gasteiger partial charge in [0.25, 0.3) is 5.91 Å². The van der Waals surface area contributed by atoms with Crippen molar-refractivity contribution < 1.29 is 9.59 Å². The van der Waals surface area contributed by atoms with Gasteiger partial charge in [-0.25, -0.2) is 0 Å². The monoisotopic (exact) mass is 294 g/mol. The summed E-state index contributed by atoms with van der Waals surface area (Å²) >= 11 is 0. The van der Waals surface area contributed by atoms with Crippen molar-refractivity contribution in [3.63, 3.8) is 0 Å². The third-order valence-corrected chi connectivity index (χ3v) is 3.98. The zero-order valence-electron chi connectivity index (χ0n) is 12.4. The zero-order valence-corrected chi connectivity index (χ0v) is 12.4. The quantitative estimate of drug-likeness (QED) is 0.818. The highest BCUT2D eigenvalue weighted by molar-refractivity contribution is 6.09. The first-order valence-electron chi connectivity index (χ1n) is 7.60. The second-order valence-electron chi connectivity index (χ2n) is 5.50. The summed E-state index contributed by atoms with van der Waals surface area (Å²) in [5.41, 5.74) is 1.83. The van der Waals surface area contributed by atoms with Gasteiger partial charge in [-0.05, 0) is 43.5 Å². The predicted molar refractivity (Wildman–Crippen MR) is 83.9 cm³/mol. The summed E-state index contributed by atoms with van der Waals surface area (Å²) in [6.45, 7) is 1.66. The number of likely N-dealkylation sites (tertiary alicyclic amines) is 1. The van der Waals surface area contributed by atoms with Gasteiger partial charge in [0.05, 0.1) is 0 Å². The minimum atomic E-state index is -0.0561. The number of rotatable bonds is 3. The lowest BCUT2D eigenvalue weighted by atomic mass is 10.0. The van der Waals surface area contributed by atoms with Crippen LogP contribution in [0.2, 0.25) is 0 Å². The van der Waals surface area contributed by atoms with Crippen LogP contribution in [0.3, 0.4) is 0 Å². The number of hydrogen-bond acceptors (Lipinski definition) is 3. The second kappa shape index (κ2) is 6.52. The number of carbonyl (C=O) groups is 2. The van der Waals surface area contributed by atoms with Crippen molar-refractivity contribution in [2.75, 3.05) is 13.1 Å². The molecule has 3 rings (SSSR count). The molecular formula is C18H18N2O2. The van der Waals surface area contributed by atoms with E-state index in [2.05, 4.69) is 4.98 Å². The number of aromatic nitrogens is 1. The maximum absolute atomic E-state index is 12.4. The fraction of sp³-hybridized carbons (Fsp3) is 0.278. The Morgan fingerprint density at radius 2 is 1.32 bits per heavy atom. The van der Waals surface area contributed by atoms with Gasteiger partial charge in [-0.2, -0.15) is 0 Å². The molecule has 0 atom stereocenters. The van der Waals surface area contributed by atoms with Crippen molar-refractivity contribution in [1.82, 2.24) is 9.88 Å². The lowest BCUT2D eigenvalue weighted by molar-refractivity contribution is 0.0724. The first-order valence-corrected chi connectivity index (χ1v) is 7.60. The Bertz CT molecular complexity index is 659. The molecule has 0 unspecified atom stereocenters. The van der Waals surface area contributed by atoms with Gasteiger partial charge in [-0.15, -0.1) is 0 Å². The van der Waals surface area contributed by atoms with Gasteiger partial charge in [-0.1, -0.05) is 12.1 Å². The molecule has 2 heterocycles. The number of piperidine rings is 1. The topological polar surface area (TPSA) is 50.3 Å². The summed E-state index contributed by atoms with van der Waals surface area (Å²) in [7, 11) is 0. The van der Waals surface area contributed by atoms with Crippen molar-refractivity contribution in [2.45, 2.75) is 19.3 Å². The highest BCUT2D eigenvalue weighted by Crippen LogP contribution is 2.15. The molecule has 2 aromatic rings. The number of carbonyl (C=O) groups excluding carboxylic acids is 2. The number of pyridine rings is 1. The Morgan fingerprint density at radius 3 is 1.95 bits per heavy atom. The molecule has 22 heavy (non-hydrogen) atoms. The molecule has 1 aliphatic heterocycles. The lowest BCUT2D eigenvalue weighted by Crippen LogP contribution is -2.35. The van der Waals surface area contributed by atoms with E-state index in [9.17, 15) is 9.59 Å². The molecule has 0 aliphatic carbocycles. The minimum absolute atomic E-state index is 0.0561. The van der Waals surface area contributed by atoms with Gasteiger partial charge in [0.15, 0.2) is 5.78 Å². The minimum Gasteiger partial charge on any atom is -0.339 e. The fourth-order valence-corrected chi connectivity index (χ4v) is 2.71. The van der Waals surface area contributed by atoms with E-state index in [1.54, 1.807) is 48.8 Å². The zero-order chi connectivity index (χ0) is 15.4. The molecule has 1 amide bonds. The van der Waals surface area contributed by atoms with Crippen LogP contribution < -0.4 is 0 Å². The van der Waals surface area contributed by atoms with Crippen LogP contribution in [0, 0.1) is 0 Å². The van der Waals surface area contributed by atoms with Crippen LogP contribution >= 0.6 is 0 Å². The molecule has 1 fully saturated rings. The molecule has 4 nitrogen and oxygen atoms in total. The van der Waals surface area contributed by atoms with Gasteiger partial charge < -0.3 is 4.90 Å². The number of amides is 1. The highest BCUT2D eigenvalue weighted by Gasteiger charge is 2.18. The molecule has 0 bridgehead atoms. The van der Waals surface area contributed by atoms with Gasteiger partial charge >= 0.3 is 0 Å². The molecule has 112 valence electrons. The van der Waals surface area contributed by atoms with Crippen molar-refractivity contribution in [2.24, 2.45) is 0 Å². The summed E-state index contributed by atoms with van der Waals surface area (Å²) in [5.74, 6) is 0.00183. The van der Waals surface area contributed by atoms with Crippen molar-refractivity contribution >= 4 is 11.7 Å². The number of nitrogens with zero attached hydrogens (tertiary/aromatic N) is 2. The summed E-state index contributed by atoms with van der Waals surface area (Å²) < 4.78 is 0. The van der Waals surface area contributed by atoms with Crippen LogP contribution in [0.4, 0.5) is 0 Å². The van der Waals surface area contributed by atoms with Crippen LogP contribution in [-0.4, -0.2) is 34.7 Å². The highest BCUT2D eigenvalue weighted by atomic mass is 16.2. The van der Waals surface area contributed by atoms with E-state index in [4.69, 9.17) is 0 Å². The Hall–Kier alpha value is -2.49.